The zero-order valence-corrected chi connectivity index (χ0v) is 13.7. The highest BCUT2D eigenvalue weighted by Gasteiger charge is 2.48. The molecule has 1 N–H and O–H groups in total. The van der Waals surface area contributed by atoms with Crippen molar-refractivity contribution in [1.82, 2.24) is 4.90 Å². The van der Waals surface area contributed by atoms with E-state index in [1.165, 1.54) is 0 Å². The lowest BCUT2D eigenvalue weighted by Gasteiger charge is -2.19. The molecule has 5 nitrogen and oxygen atoms in total. The first kappa shape index (κ1) is 16.0. The van der Waals surface area contributed by atoms with Crippen molar-refractivity contribution in [2.45, 2.75) is 32.6 Å². The van der Waals surface area contributed by atoms with Gasteiger partial charge in [0.15, 0.2) is 0 Å². The van der Waals surface area contributed by atoms with Gasteiger partial charge in [-0.1, -0.05) is 30.5 Å². The number of imide groups is 1. The van der Waals surface area contributed by atoms with E-state index in [4.69, 9.17) is 11.6 Å². The van der Waals surface area contributed by atoms with Crippen LogP contribution in [0.2, 0.25) is 5.02 Å². The number of amides is 3. The number of likely N-dealkylation sites (tertiary alicyclic amines) is 1. The van der Waals surface area contributed by atoms with Crippen molar-refractivity contribution >= 4 is 35.0 Å². The van der Waals surface area contributed by atoms with Crippen molar-refractivity contribution in [1.29, 1.82) is 0 Å². The Labute approximate surface area is 140 Å². The number of nitrogens with zero attached hydrogens (tertiary/aromatic N) is 1. The molecule has 122 valence electrons. The highest BCUT2D eigenvalue weighted by atomic mass is 35.5. The van der Waals surface area contributed by atoms with Gasteiger partial charge in [0.2, 0.25) is 17.7 Å². The first-order valence-electron chi connectivity index (χ1n) is 7.88. The number of carbonyl (C=O) groups is 3. The van der Waals surface area contributed by atoms with Crippen LogP contribution in [0, 0.1) is 18.8 Å². The summed E-state index contributed by atoms with van der Waals surface area (Å²) in [6.45, 7) is 1.65. The largest absolute Gasteiger partial charge is 0.324 e. The molecule has 1 aliphatic carbocycles. The van der Waals surface area contributed by atoms with Crippen LogP contribution < -0.4 is 5.32 Å². The van der Waals surface area contributed by atoms with Gasteiger partial charge in [-0.05, 0) is 37.5 Å². The zero-order chi connectivity index (χ0) is 16.6. The second-order valence-electron chi connectivity index (χ2n) is 6.27. The molecule has 2 atom stereocenters. The van der Waals surface area contributed by atoms with E-state index in [0.717, 1.165) is 36.1 Å². The number of carbonyl (C=O) groups excluding carboxylic acids is 3. The van der Waals surface area contributed by atoms with E-state index in [1.807, 2.05) is 6.92 Å². The highest BCUT2D eigenvalue weighted by molar-refractivity contribution is 6.31. The molecule has 1 aromatic rings. The molecule has 0 radical (unpaired) electrons. The molecule has 3 rings (SSSR count). The Hall–Kier alpha value is -1.88. The minimum Gasteiger partial charge on any atom is -0.324 e. The average Bonchev–Trinajstić information content (AvgIpc) is 2.76. The normalized spacial score (nSPS) is 23.8. The molecule has 1 aliphatic heterocycles. The molecule has 23 heavy (non-hydrogen) atoms. The molecule has 2 unspecified atom stereocenters. The monoisotopic (exact) mass is 334 g/mol. The summed E-state index contributed by atoms with van der Waals surface area (Å²) < 4.78 is 0. The van der Waals surface area contributed by atoms with Crippen LogP contribution in [0.1, 0.15) is 31.2 Å². The van der Waals surface area contributed by atoms with Crippen molar-refractivity contribution in [2.75, 3.05) is 11.9 Å². The van der Waals surface area contributed by atoms with E-state index in [0.29, 0.717) is 10.7 Å². The Morgan fingerprint density at radius 2 is 1.83 bits per heavy atom. The molecule has 2 aliphatic rings. The molecule has 1 saturated heterocycles. The minimum absolute atomic E-state index is 0.197. The lowest BCUT2D eigenvalue weighted by atomic mass is 9.81. The van der Waals surface area contributed by atoms with Crippen molar-refractivity contribution in [2.24, 2.45) is 11.8 Å². The maximum Gasteiger partial charge on any atom is 0.244 e. The predicted molar refractivity (Wildman–Crippen MR) is 87.0 cm³/mol. The summed E-state index contributed by atoms with van der Waals surface area (Å²) in [5.74, 6) is -1.23. The summed E-state index contributed by atoms with van der Waals surface area (Å²) in [6.07, 6.45) is 3.45. The van der Waals surface area contributed by atoms with Gasteiger partial charge in [-0.25, -0.2) is 0 Å². The fourth-order valence-corrected chi connectivity index (χ4v) is 3.58. The SMILES string of the molecule is Cc1ccc(NC(=O)CN2C(=O)C3CCCCC3C2=O)cc1Cl. The molecule has 0 aromatic heterocycles. The Kier molecular flexibility index (Phi) is 4.39. The Balaban J connectivity index is 1.66. The van der Waals surface area contributed by atoms with Gasteiger partial charge in [-0.3, -0.25) is 19.3 Å². The second kappa shape index (κ2) is 6.32. The van der Waals surface area contributed by atoms with E-state index in [2.05, 4.69) is 5.32 Å². The highest BCUT2D eigenvalue weighted by Crippen LogP contribution is 2.37. The number of hydrogen-bond acceptors (Lipinski definition) is 3. The van der Waals surface area contributed by atoms with Crippen LogP contribution >= 0.6 is 11.6 Å². The van der Waals surface area contributed by atoms with Gasteiger partial charge in [-0.15, -0.1) is 0 Å². The van der Waals surface area contributed by atoms with Gasteiger partial charge in [-0.2, -0.15) is 0 Å². The topological polar surface area (TPSA) is 66.5 Å². The molecular weight excluding hydrogens is 316 g/mol. The van der Waals surface area contributed by atoms with E-state index < -0.39 is 0 Å². The number of rotatable bonds is 3. The summed E-state index contributed by atoms with van der Waals surface area (Å²) in [6, 6.07) is 5.20. The molecule has 6 heteroatoms. The van der Waals surface area contributed by atoms with Gasteiger partial charge < -0.3 is 5.32 Å². The average molecular weight is 335 g/mol. The molecule has 3 amide bonds. The van der Waals surface area contributed by atoms with E-state index in [-0.39, 0.29) is 36.1 Å². The first-order chi connectivity index (χ1) is 11.0. The summed E-state index contributed by atoms with van der Waals surface area (Å²) in [5.41, 5.74) is 1.47. The summed E-state index contributed by atoms with van der Waals surface area (Å²) in [5, 5.41) is 3.25. The number of hydrogen-bond donors (Lipinski definition) is 1. The van der Waals surface area contributed by atoms with Gasteiger partial charge in [0.1, 0.15) is 6.54 Å². The summed E-state index contributed by atoms with van der Waals surface area (Å²) >= 11 is 6.03. The Morgan fingerprint density at radius 3 is 2.39 bits per heavy atom. The lowest BCUT2D eigenvalue weighted by molar-refractivity contribution is -0.142. The fraction of sp³-hybridized carbons (Fsp3) is 0.471. The number of fused-ring (bicyclic) bond motifs is 1. The van der Waals surface area contributed by atoms with Gasteiger partial charge in [0, 0.05) is 10.7 Å². The zero-order valence-electron chi connectivity index (χ0n) is 13.0. The smallest absolute Gasteiger partial charge is 0.244 e. The number of benzene rings is 1. The molecule has 2 fully saturated rings. The van der Waals surface area contributed by atoms with E-state index in [1.54, 1.807) is 18.2 Å². The number of nitrogens with one attached hydrogen (secondary N) is 1. The van der Waals surface area contributed by atoms with Crippen LogP contribution in [0.3, 0.4) is 0 Å². The van der Waals surface area contributed by atoms with Gasteiger partial charge >= 0.3 is 0 Å². The number of aryl methyl sites for hydroxylation is 1. The second-order valence-corrected chi connectivity index (χ2v) is 6.68. The summed E-state index contributed by atoms with van der Waals surface area (Å²) in [7, 11) is 0. The van der Waals surface area contributed by atoms with E-state index >= 15 is 0 Å². The molecule has 0 bridgehead atoms. The van der Waals surface area contributed by atoms with Crippen LogP contribution in [0.15, 0.2) is 18.2 Å². The predicted octanol–water partition coefficient (Wildman–Crippen LogP) is 2.76. The molecule has 0 spiro atoms. The lowest BCUT2D eigenvalue weighted by Crippen LogP contribution is -2.38. The third-order valence-corrected chi connectivity index (χ3v) is 5.10. The Bertz CT molecular complexity index is 650. The maximum atomic E-state index is 12.3. The first-order valence-corrected chi connectivity index (χ1v) is 8.26. The van der Waals surface area contributed by atoms with Crippen LogP contribution in [0.25, 0.3) is 0 Å². The number of anilines is 1. The quantitative estimate of drug-likeness (QED) is 0.864. The van der Waals surface area contributed by atoms with Crippen molar-refractivity contribution in [3.8, 4) is 0 Å². The van der Waals surface area contributed by atoms with Crippen molar-refractivity contribution < 1.29 is 14.4 Å². The minimum atomic E-state index is -0.384. The van der Waals surface area contributed by atoms with Gasteiger partial charge in [0.25, 0.3) is 0 Å². The van der Waals surface area contributed by atoms with Crippen LogP contribution in [0.4, 0.5) is 5.69 Å². The van der Waals surface area contributed by atoms with Crippen LogP contribution in [0.5, 0.6) is 0 Å². The molecule has 1 saturated carbocycles. The third kappa shape index (κ3) is 3.11. The van der Waals surface area contributed by atoms with Crippen LogP contribution in [-0.2, 0) is 14.4 Å². The molecule has 1 heterocycles. The standard InChI is InChI=1S/C17H19ClN2O3/c1-10-6-7-11(8-14(10)18)19-15(21)9-20-16(22)12-4-2-3-5-13(12)17(20)23/h6-8,12-13H,2-5,9H2,1H3,(H,19,21). The maximum absolute atomic E-state index is 12.3. The van der Waals surface area contributed by atoms with Gasteiger partial charge in [0.05, 0.1) is 11.8 Å². The van der Waals surface area contributed by atoms with Crippen molar-refractivity contribution in [3.63, 3.8) is 0 Å². The Morgan fingerprint density at radius 1 is 1.22 bits per heavy atom. The van der Waals surface area contributed by atoms with Crippen LogP contribution in [-0.4, -0.2) is 29.2 Å². The third-order valence-electron chi connectivity index (χ3n) is 4.69. The number of halogens is 1. The summed E-state index contributed by atoms with van der Waals surface area (Å²) in [4.78, 5) is 38.0. The fourth-order valence-electron chi connectivity index (χ4n) is 3.40. The molecule has 1 aromatic carbocycles. The van der Waals surface area contributed by atoms with Crippen molar-refractivity contribution in [3.05, 3.63) is 28.8 Å². The van der Waals surface area contributed by atoms with E-state index in [9.17, 15) is 14.4 Å². The molecular formula is C17H19ClN2O3.